The van der Waals surface area contributed by atoms with Gasteiger partial charge in [0.2, 0.25) is 0 Å². The monoisotopic (exact) mass is 545 g/mol. The first-order valence-electron chi connectivity index (χ1n) is 7.69. The van der Waals surface area contributed by atoms with Gasteiger partial charge in [0.15, 0.2) is 5.96 Å². The van der Waals surface area contributed by atoms with Gasteiger partial charge in [-0.05, 0) is 30.5 Å². The average Bonchev–Trinajstić information content (AvgIpc) is 3.04. The Hall–Kier alpha value is -1.30. The molecule has 0 atom stereocenters. The van der Waals surface area contributed by atoms with Crippen LogP contribution in [0, 0.1) is 5.82 Å². The normalized spacial score (nSPS) is 11.4. The smallest absolute Gasteiger partial charge is 0.319 e. The average molecular weight is 546 g/mol. The fraction of sp³-hybridized carbons (Fsp3) is 0.375. The van der Waals surface area contributed by atoms with E-state index >= 15 is 0 Å². The third kappa shape index (κ3) is 6.78. The van der Waals surface area contributed by atoms with Crippen LogP contribution in [0.1, 0.15) is 24.4 Å². The summed E-state index contributed by atoms with van der Waals surface area (Å²) in [6, 6.07) is 4.99. The number of aromatic nitrogens is 2. The Morgan fingerprint density at radius 1 is 1.35 bits per heavy atom. The van der Waals surface area contributed by atoms with Crippen LogP contribution in [0.3, 0.4) is 0 Å². The Morgan fingerprint density at radius 3 is 2.77 bits per heavy atom. The molecule has 0 aliphatic carbocycles. The summed E-state index contributed by atoms with van der Waals surface area (Å²) in [4.78, 5) is 7.91. The minimum absolute atomic E-state index is 0. The van der Waals surface area contributed by atoms with Gasteiger partial charge in [0.25, 0.3) is 0 Å². The third-order valence-corrected chi connectivity index (χ3v) is 4.02. The second-order valence-electron chi connectivity index (χ2n) is 5.22. The van der Waals surface area contributed by atoms with Crippen LogP contribution in [-0.2, 0) is 13.0 Å². The molecule has 0 saturated carbocycles. The molecule has 0 amide bonds. The highest BCUT2D eigenvalue weighted by atomic mass is 127. The molecule has 144 valence electrons. The number of imidazole rings is 1. The molecule has 1 heterocycles. The summed E-state index contributed by atoms with van der Waals surface area (Å²) < 4.78 is 40.7. The number of aryl methyl sites for hydroxylation is 1. The third-order valence-electron chi connectivity index (χ3n) is 3.53. The molecule has 26 heavy (non-hydrogen) atoms. The van der Waals surface area contributed by atoms with E-state index < -0.39 is 6.55 Å². The van der Waals surface area contributed by atoms with E-state index in [1.165, 1.54) is 18.5 Å². The molecular formula is C16H20BrF3IN5. The number of nitrogens with zero attached hydrogens (tertiary/aromatic N) is 3. The first kappa shape index (κ1) is 22.7. The number of rotatable bonds is 7. The van der Waals surface area contributed by atoms with E-state index in [9.17, 15) is 13.2 Å². The number of aliphatic imine (C=N–C) groups is 1. The van der Waals surface area contributed by atoms with Gasteiger partial charge in [-0.3, -0.25) is 9.56 Å². The van der Waals surface area contributed by atoms with Crippen molar-refractivity contribution in [2.24, 2.45) is 4.99 Å². The summed E-state index contributed by atoms with van der Waals surface area (Å²) >= 11 is 3.22. The van der Waals surface area contributed by atoms with E-state index in [2.05, 4.69) is 36.5 Å². The fourth-order valence-electron chi connectivity index (χ4n) is 2.25. The largest absolute Gasteiger partial charge is 0.356 e. The van der Waals surface area contributed by atoms with E-state index in [1.807, 2.05) is 0 Å². The van der Waals surface area contributed by atoms with Crippen molar-refractivity contribution in [2.75, 3.05) is 13.6 Å². The Labute approximate surface area is 175 Å². The molecular weight excluding hydrogens is 526 g/mol. The second-order valence-corrected chi connectivity index (χ2v) is 6.14. The number of benzene rings is 1. The van der Waals surface area contributed by atoms with Crippen molar-refractivity contribution in [1.29, 1.82) is 0 Å². The molecule has 0 spiro atoms. The number of guanidine groups is 1. The first-order valence-corrected chi connectivity index (χ1v) is 8.49. The minimum Gasteiger partial charge on any atom is -0.356 e. The predicted molar refractivity (Wildman–Crippen MR) is 110 cm³/mol. The van der Waals surface area contributed by atoms with Gasteiger partial charge < -0.3 is 10.6 Å². The lowest BCUT2D eigenvalue weighted by Crippen LogP contribution is -2.38. The number of hydrogen-bond acceptors (Lipinski definition) is 2. The van der Waals surface area contributed by atoms with Crippen molar-refractivity contribution in [3.63, 3.8) is 0 Å². The quantitative estimate of drug-likeness (QED) is 0.238. The van der Waals surface area contributed by atoms with E-state index in [0.29, 0.717) is 35.4 Å². The van der Waals surface area contributed by atoms with Gasteiger partial charge in [0, 0.05) is 30.5 Å². The molecule has 10 heteroatoms. The molecule has 0 radical (unpaired) electrons. The van der Waals surface area contributed by atoms with Gasteiger partial charge in [0.1, 0.15) is 11.6 Å². The second kappa shape index (κ2) is 11.4. The van der Waals surface area contributed by atoms with Crippen molar-refractivity contribution in [3.8, 4) is 0 Å². The van der Waals surface area contributed by atoms with Crippen LogP contribution in [-0.4, -0.2) is 29.1 Å². The van der Waals surface area contributed by atoms with E-state index in [1.54, 1.807) is 19.2 Å². The predicted octanol–water partition coefficient (Wildman–Crippen LogP) is 4.10. The lowest BCUT2D eigenvalue weighted by molar-refractivity contribution is 0.0668. The lowest BCUT2D eigenvalue weighted by Gasteiger charge is -2.12. The van der Waals surface area contributed by atoms with E-state index in [4.69, 9.17) is 0 Å². The molecule has 5 nitrogen and oxygen atoms in total. The molecule has 0 aliphatic heterocycles. The fourth-order valence-corrected chi connectivity index (χ4v) is 2.59. The number of nitrogens with one attached hydrogen (secondary N) is 2. The van der Waals surface area contributed by atoms with Gasteiger partial charge in [0.05, 0.1) is 6.54 Å². The topological polar surface area (TPSA) is 54.2 Å². The maximum atomic E-state index is 13.7. The molecule has 0 aliphatic rings. The summed E-state index contributed by atoms with van der Waals surface area (Å²) in [6.07, 6.45) is 3.83. The standard InChI is InChI=1S/C16H19BrF3N5.HI/c1-21-16(24-10-14-22-7-8-25(14)15(19)20)23-6-2-3-11-4-5-12(17)9-13(11)18;/h4-5,7-9,15H,2-3,6,10H2,1H3,(H2,21,23,24);1H. The van der Waals surface area contributed by atoms with Crippen LogP contribution < -0.4 is 10.6 Å². The molecule has 0 fully saturated rings. The molecule has 0 saturated heterocycles. The maximum Gasteiger partial charge on any atom is 0.319 e. The van der Waals surface area contributed by atoms with Gasteiger partial charge >= 0.3 is 6.55 Å². The summed E-state index contributed by atoms with van der Waals surface area (Å²) in [6.45, 7) is -1.94. The van der Waals surface area contributed by atoms with Crippen LogP contribution in [0.5, 0.6) is 0 Å². The number of alkyl halides is 2. The van der Waals surface area contributed by atoms with Gasteiger partial charge in [-0.1, -0.05) is 22.0 Å². The summed E-state index contributed by atoms with van der Waals surface area (Å²) in [5.41, 5.74) is 0.645. The summed E-state index contributed by atoms with van der Waals surface area (Å²) in [5.74, 6) is 0.450. The zero-order valence-corrected chi connectivity index (χ0v) is 18.0. The highest BCUT2D eigenvalue weighted by molar-refractivity contribution is 14.0. The van der Waals surface area contributed by atoms with Crippen molar-refractivity contribution in [3.05, 3.63) is 52.3 Å². The zero-order chi connectivity index (χ0) is 18.2. The highest BCUT2D eigenvalue weighted by Gasteiger charge is 2.11. The zero-order valence-electron chi connectivity index (χ0n) is 14.1. The van der Waals surface area contributed by atoms with Gasteiger partial charge in [-0.15, -0.1) is 24.0 Å². The first-order chi connectivity index (χ1) is 12.0. The number of hydrogen-bond donors (Lipinski definition) is 2. The molecule has 0 unspecified atom stereocenters. The molecule has 2 aromatic rings. The minimum atomic E-state index is -2.63. The molecule has 1 aromatic carbocycles. The van der Waals surface area contributed by atoms with Crippen LogP contribution in [0.2, 0.25) is 0 Å². The lowest BCUT2D eigenvalue weighted by atomic mass is 10.1. The van der Waals surface area contributed by atoms with Gasteiger partial charge in [-0.25, -0.2) is 9.37 Å². The van der Waals surface area contributed by atoms with Crippen LogP contribution in [0.4, 0.5) is 13.2 Å². The Bertz CT molecular complexity index is 724. The van der Waals surface area contributed by atoms with E-state index in [-0.39, 0.29) is 42.2 Å². The Balaban J connectivity index is 0.00000338. The number of halogens is 5. The van der Waals surface area contributed by atoms with Crippen LogP contribution in [0.25, 0.3) is 0 Å². The van der Waals surface area contributed by atoms with Crippen molar-refractivity contribution in [2.45, 2.75) is 25.9 Å². The van der Waals surface area contributed by atoms with E-state index in [0.717, 1.165) is 4.57 Å². The Morgan fingerprint density at radius 2 is 2.12 bits per heavy atom. The molecule has 2 N–H and O–H groups in total. The molecule has 0 bridgehead atoms. The van der Waals surface area contributed by atoms with Crippen LogP contribution >= 0.6 is 39.9 Å². The maximum absolute atomic E-state index is 13.7. The Kier molecular flexibility index (Phi) is 9.99. The van der Waals surface area contributed by atoms with Crippen LogP contribution in [0.15, 0.2) is 40.1 Å². The molecule has 2 rings (SSSR count). The van der Waals surface area contributed by atoms with Crippen molar-refractivity contribution >= 4 is 45.9 Å². The SMILES string of the molecule is CN=C(NCCCc1ccc(Br)cc1F)NCc1nccn1C(F)F.I. The molecule has 1 aromatic heterocycles. The van der Waals surface area contributed by atoms with Gasteiger partial charge in [-0.2, -0.15) is 8.78 Å². The summed E-state index contributed by atoms with van der Waals surface area (Å²) in [5, 5.41) is 5.99. The highest BCUT2D eigenvalue weighted by Crippen LogP contribution is 2.16. The summed E-state index contributed by atoms with van der Waals surface area (Å²) in [7, 11) is 1.59. The van der Waals surface area contributed by atoms with Crippen molar-refractivity contribution < 1.29 is 13.2 Å². The van der Waals surface area contributed by atoms with Crippen molar-refractivity contribution in [1.82, 2.24) is 20.2 Å².